The standard InChI is InChI=1S/C20H21N5O/c1-14-17(13-24(23-14)15-9-11-21-12-10-15)18-22-20(2,3)19(26)25(18)16-7-5-4-6-8-16/h4-13,18,22H,1-3H3. The highest BCUT2D eigenvalue weighted by atomic mass is 16.2. The summed E-state index contributed by atoms with van der Waals surface area (Å²) in [4.78, 5) is 18.9. The first-order valence-electron chi connectivity index (χ1n) is 8.60. The van der Waals surface area contributed by atoms with Crippen LogP contribution in [0.15, 0.2) is 61.1 Å². The van der Waals surface area contributed by atoms with Gasteiger partial charge in [0.05, 0.1) is 16.9 Å². The molecule has 1 atom stereocenters. The SMILES string of the molecule is Cc1nn(-c2ccncc2)cc1C1NC(C)(C)C(=O)N1c1ccccc1. The lowest BCUT2D eigenvalue weighted by Gasteiger charge is -2.24. The van der Waals surface area contributed by atoms with Crippen molar-refractivity contribution < 1.29 is 4.79 Å². The number of hydrogen-bond donors (Lipinski definition) is 1. The summed E-state index contributed by atoms with van der Waals surface area (Å²) in [7, 11) is 0. The zero-order valence-corrected chi connectivity index (χ0v) is 15.0. The largest absolute Gasteiger partial charge is 0.290 e. The third-order valence-corrected chi connectivity index (χ3v) is 4.70. The minimum absolute atomic E-state index is 0.0461. The molecule has 0 saturated carbocycles. The summed E-state index contributed by atoms with van der Waals surface area (Å²) in [6, 6.07) is 13.6. The van der Waals surface area contributed by atoms with Crippen molar-refractivity contribution in [2.24, 2.45) is 0 Å². The number of amides is 1. The number of aromatic nitrogens is 3. The summed E-state index contributed by atoms with van der Waals surface area (Å²) in [6.45, 7) is 5.79. The second-order valence-electron chi connectivity index (χ2n) is 7.00. The monoisotopic (exact) mass is 347 g/mol. The number of carbonyl (C=O) groups excluding carboxylic acids is 1. The quantitative estimate of drug-likeness (QED) is 0.791. The van der Waals surface area contributed by atoms with Gasteiger partial charge in [-0.3, -0.25) is 20.0 Å². The predicted molar refractivity (Wildman–Crippen MR) is 100.0 cm³/mol. The Morgan fingerprint density at radius 1 is 1.04 bits per heavy atom. The van der Waals surface area contributed by atoms with Gasteiger partial charge in [0.2, 0.25) is 5.91 Å². The second kappa shape index (κ2) is 6.07. The Morgan fingerprint density at radius 3 is 2.42 bits per heavy atom. The molecular formula is C20H21N5O. The smallest absolute Gasteiger partial charge is 0.248 e. The Kier molecular flexibility index (Phi) is 3.85. The Labute approximate surface area is 152 Å². The lowest BCUT2D eigenvalue weighted by atomic mass is 10.1. The van der Waals surface area contributed by atoms with Crippen LogP contribution in [0.1, 0.15) is 31.3 Å². The zero-order valence-electron chi connectivity index (χ0n) is 15.0. The normalized spacial score (nSPS) is 19.1. The summed E-state index contributed by atoms with van der Waals surface area (Å²) in [5.41, 5.74) is 3.02. The molecule has 3 aromatic rings. The summed E-state index contributed by atoms with van der Waals surface area (Å²) in [6.07, 6.45) is 5.19. The number of nitrogens with zero attached hydrogens (tertiary/aromatic N) is 4. The molecular weight excluding hydrogens is 326 g/mol. The molecule has 2 aromatic heterocycles. The maximum atomic E-state index is 13.0. The molecule has 0 spiro atoms. The third-order valence-electron chi connectivity index (χ3n) is 4.70. The average molecular weight is 347 g/mol. The molecule has 1 aromatic carbocycles. The van der Waals surface area contributed by atoms with Crippen LogP contribution in [0.25, 0.3) is 5.69 Å². The maximum Gasteiger partial charge on any atom is 0.248 e. The van der Waals surface area contributed by atoms with E-state index < -0.39 is 5.54 Å². The van der Waals surface area contributed by atoms with E-state index in [4.69, 9.17) is 0 Å². The highest BCUT2D eigenvalue weighted by molar-refractivity contribution is 6.02. The molecule has 3 heterocycles. The fourth-order valence-corrected chi connectivity index (χ4v) is 3.33. The van der Waals surface area contributed by atoms with Crippen molar-refractivity contribution >= 4 is 11.6 Å². The summed E-state index contributed by atoms with van der Waals surface area (Å²) < 4.78 is 1.83. The minimum Gasteiger partial charge on any atom is -0.290 e. The second-order valence-corrected chi connectivity index (χ2v) is 7.00. The van der Waals surface area contributed by atoms with E-state index in [9.17, 15) is 4.79 Å². The van der Waals surface area contributed by atoms with E-state index in [0.29, 0.717) is 0 Å². The number of anilines is 1. The van der Waals surface area contributed by atoms with Gasteiger partial charge in [0.25, 0.3) is 0 Å². The third kappa shape index (κ3) is 2.68. The number of nitrogens with one attached hydrogen (secondary N) is 1. The molecule has 0 bridgehead atoms. The highest BCUT2D eigenvalue weighted by Gasteiger charge is 2.46. The number of rotatable bonds is 3. The number of aryl methyl sites for hydroxylation is 1. The van der Waals surface area contributed by atoms with Crippen LogP contribution in [0.2, 0.25) is 0 Å². The molecule has 6 nitrogen and oxygen atoms in total. The minimum atomic E-state index is -0.647. The molecule has 132 valence electrons. The Bertz CT molecular complexity index is 933. The molecule has 1 N–H and O–H groups in total. The van der Waals surface area contributed by atoms with E-state index in [-0.39, 0.29) is 12.1 Å². The van der Waals surface area contributed by atoms with Gasteiger partial charge in [-0.1, -0.05) is 18.2 Å². The Morgan fingerprint density at radius 2 is 1.73 bits per heavy atom. The number of pyridine rings is 1. The van der Waals surface area contributed by atoms with Crippen LogP contribution in [-0.4, -0.2) is 26.2 Å². The molecule has 0 aliphatic carbocycles. The first-order valence-corrected chi connectivity index (χ1v) is 8.60. The molecule has 1 fully saturated rings. The van der Waals surface area contributed by atoms with Crippen LogP contribution in [0.3, 0.4) is 0 Å². The maximum absolute atomic E-state index is 13.0. The topological polar surface area (TPSA) is 63.1 Å². The van der Waals surface area contributed by atoms with E-state index in [1.54, 1.807) is 12.4 Å². The van der Waals surface area contributed by atoms with Crippen molar-refractivity contribution in [1.82, 2.24) is 20.1 Å². The van der Waals surface area contributed by atoms with Crippen molar-refractivity contribution in [3.8, 4) is 5.69 Å². The van der Waals surface area contributed by atoms with Crippen molar-refractivity contribution in [2.75, 3.05) is 4.90 Å². The van der Waals surface area contributed by atoms with Crippen molar-refractivity contribution in [1.29, 1.82) is 0 Å². The van der Waals surface area contributed by atoms with Gasteiger partial charge < -0.3 is 0 Å². The number of hydrogen-bond acceptors (Lipinski definition) is 4. The van der Waals surface area contributed by atoms with Gasteiger partial charge in [-0.25, -0.2) is 4.68 Å². The van der Waals surface area contributed by atoms with E-state index >= 15 is 0 Å². The van der Waals surface area contributed by atoms with Crippen molar-refractivity contribution in [3.63, 3.8) is 0 Å². The lowest BCUT2D eigenvalue weighted by Crippen LogP contribution is -2.40. The van der Waals surface area contributed by atoms with E-state index in [2.05, 4.69) is 15.4 Å². The first-order chi connectivity index (χ1) is 12.5. The van der Waals surface area contributed by atoms with Crippen LogP contribution in [0, 0.1) is 6.92 Å². The Hall–Kier alpha value is -2.99. The molecule has 26 heavy (non-hydrogen) atoms. The molecule has 4 rings (SSSR count). The van der Waals surface area contributed by atoms with Crippen LogP contribution in [-0.2, 0) is 4.79 Å². The summed E-state index contributed by atoms with van der Waals surface area (Å²) in [5, 5.41) is 8.10. The Balaban J connectivity index is 1.78. The number of carbonyl (C=O) groups is 1. The molecule has 1 amide bonds. The van der Waals surface area contributed by atoms with Gasteiger partial charge in [-0.2, -0.15) is 5.10 Å². The van der Waals surface area contributed by atoms with Gasteiger partial charge in [-0.05, 0) is 45.0 Å². The fourth-order valence-electron chi connectivity index (χ4n) is 3.33. The zero-order chi connectivity index (χ0) is 18.3. The number of benzene rings is 1. The highest BCUT2D eigenvalue weighted by Crippen LogP contribution is 2.36. The molecule has 1 saturated heterocycles. The van der Waals surface area contributed by atoms with Crippen LogP contribution in [0.5, 0.6) is 0 Å². The fraction of sp³-hybridized carbons (Fsp3) is 0.250. The van der Waals surface area contributed by atoms with Crippen molar-refractivity contribution in [2.45, 2.75) is 32.5 Å². The molecule has 6 heteroatoms. The molecule has 1 aliphatic rings. The molecule has 1 unspecified atom stereocenters. The number of para-hydroxylation sites is 1. The van der Waals surface area contributed by atoms with Crippen LogP contribution in [0.4, 0.5) is 5.69 Å². The van der Waals surface area contributed by atoms with Crippen LogP contribution >= 0.6 is 0 Å². The van der Waals surface area contributed by atoms with E-state index in [1.807, 2.05) is 79.0 Å². The van der Waals surface area contributed by atoms with Gasteiger partial charge in [0, 0.05) is 29.8 Å². The molecule has 0 radical (unpaired) electrons. The van der Waals surface area contributed by atoms with Gasteiger partial charge in [0.1, 0.15) is 6.17 Å². The van der Waals surface area contributed by atoms with Gasteiger partial charge >= 0.3 is 0 Å². The summed E-state index contributed by atoms with van der Waals surface area (Å²) >= 11 is 0. The lowest BCUT2D eigenvalue weighted by molar-refractivity contribution is -0.121. The van der Waals surface area contributed by atoms with E-state index in [0.717, 1.165) is 22.6 Å². The predicted octanol–water partition coefficient (Wildman–Crippen LogP) is 2.99. The van der Waals surface area contributed by atoms with Gasteiger partial charge in [-0.15, -0.1) is 0 Å². The van der Waals surface area contributed by atoms with E-state index in [1.165, 1.54) is 0 Å². The summed E-state index contributed by atoms with van der Waals surface area (Å²) in [5.74, 6) is 0.0461. The van der Waals surface area contributed by atoms with Crippen molar-refractivity contribution in [3.05, 3.63) is 72.3 Å². The van der Waals surface area contributed by atoms with Crippen LogP contribution < -0.4 is 10.2 Å². The first kappa shape index (κ1) is 16.5. The average Bonchev–Trinajstić information content (AvgIpc) is 3.14. The van der Waals surface area contributed by atoms with Gasteiger partial charge in [0.15, 0.2) is 0 Å². The molecule has 1 aliphatic heterocycles.